The highest BCUT2D eigenvalue weighted by atomic mass is 31.2. The van der Waals surface area contributed by atoms with Crippen molar-refractivity contribution in [2.45, 2.75) is 69.4 Å². The molecule has 6 rings (SSSR count). The number of H-pyrrole nitrogens is 1. The van der Waals surface area contributed by atoms with Crippen LogP contribution in [0.5, 0.6) is 11.5 Å². The van der Waals surface area contributed by atoms with Gasteiger partial charge in [-0.1, -0.05) is 54.6 Å². The number of nitrogens with two attached hydrogens (primary N) is 1. The van der Waals surface area contributed by atoms with Gasteiger partial charge >= 0.3 is 8.60 Å². The second kappa shape index (κ2) is 16.0. The number of imidazole rings is 1. The van der Waals surface area contributed by atoms with Gasteiger partial charge in [0.05, 0.1) is 27.2 Å². The monoisotopic (exact) mass is 793 g/mol. The molecule has 4 atom stereocenters. The van der Waals surface area contributed by atoms with Gasteiger partial charge in [-0.25, -0.2) is 4.98 Å². The third-order valence-corrected chi connectivity index (χ3v) is 14.6. The number of aliphatic hydroxyl groups excluding tert-OH is 1. The van der Waals surface area contributed by atoms with E-state index in [4.69, 9.17) is 37.6 Å². The van der Waals surface area contributed by atoms with Gasteiger partial charge in [0.25, 0.3) is 5.56 Å². The van der Waals surface area contributed by atoms with Gasteiger partial charge in [-0.3, -0.25) is 14.3 Å². The van der Waals surface area contributed by atoms with Crippen LogP contribution < -0.4 is 20.8 Å². The Morgan fingerprint density at radius 2 is 1.41 bits per heavy atom. The molecule has 1 aliphatic rings. The molecule has 3 aromatic carbocycles. The van der Waals surface area contributed by atoms with Gasteiger partial charge in [-0.05, 0) is 80.2 Å². The average Bonchev–Trinajstić information content (AvgIpc) is 3.68. The second-order valence-electron chi connectivity index (χ2n) is 14.8. The van der Waals surface area contributed by atoms with Crippen molar-refractivity contribution in [2.75, 3.05) is 26.6 Å². The predicted octanol–water partition coefficient (Wildman–Crippen LogP) is 6.30. The Morgan fingerprint density at radius 1 is 0.870 bits per heavy atom. The van der Waals surface area contributed by atoms with Crippen LogP contribution in [-0.2, 0) is 28.0 Å². The molecule has 0 aliphatic carbocycles. The Morgan fingerprint density at radius 3 is 1.93 bits per heavy atom. The highest BCUT2D eigenvalue weighted by molar-refractivity contribution is 7.45. The van der Waals surface area contributed by atoms with Crippen molar-refractivity contribution in [3.05, 3.63) is 112 Å². The van der Waals surface area contributed by atoms with Crippen LogP contribution in [0.15, 0.2) is 90.0 Å². The van der Waals surface area contributed by atoms with Crippen LogP contribution in [0.4, 0.5) is 5.95 Å². The molecule has 54 heavy (non-hydrogen) atoms. The minimum atomic E-state index is -2.20. The first-order valence-electron chi connectivity index (χ1n) is 17.5. The fourth-order valence-electron chi connectivity index (χ4n) is 6.23. The second-order valence-corrected chi connectivity index (χ2v) is 25.4. The molecule has 5 aromatic rings. The first-order chi connectivity index (χ1) is 25.6. The molecular weight excluding hydrogens is 746 g/mol. The Hall–Kier alpha value is -3.97. The van der Waals surface area contributed by atoms with Crippen LogP contribution in [0.25, 0.3) is 11.2 Å². The van der Waals surface area contributed by atoms with Crippen molar-refractivity contribution in [3.63, 3.8) is 0 Å². The van der Waals surface area contributed by atoms with Crippen LogP contribution in [0, 0.1) is 0 Å². The minimum absolute atomic E-state index is 0.0469. The molecule has 4 N–H and O–H groups in total. The summed E-state index contributed by atoms with van der Waals surface area (Å²) in [5.74, 6) is 1.28. The van der Waals surface area contributed by atoms with E-state index < -0.39 is 60.9 Å². The summed E-state index contributed by atoms with van der Waals surface area (Å²) in [6, 6.07) is 25.3. The zero-order valence-electron chi connectivity index (χ0n) is 31.7. The van der Waals surface area contributed by atoms with E-state index in [1.165, 1.54) is 10.9 Å². The van der Waals surface area contributed by atoms with Crippen molar-refractivity contribution in [1.29, 1.82) is 0 Å². The van der Waals surface area contributed by atoms with Gasteiger partial charge in [0.1, 0.15) is 35.4 Å². The third kappa shape index (κ3) is 8.62. The smallest absolute Gasteiger partial charge is 0.311 e. The van der Waals surface area contributed by atoms with Gasteiger partial charge in [-0.15, -0.1) is 0 Å². The number of aliphatic hydroxyl groups is 1. The largest absolute Gasteiger partial charge is 0.497 e. The summed E-state index contributed by atoms with van der Waals surface area (Å²) < 4.78 is 46.0. The summed E-state index contributed by atoms with van der Waals surface area (Å²) in [6.07, 6.45) is -2.89. The third-order valence-electron chi connectivity index (χ3n) is 8.58. The molecule has 0 unspecified atom stereocenters. The van der Waals surface area contributed by atoms with Crippen molar-refractivity contribution in [2.24, 2.45) is 0 Å². The highest BCUT2D eigenvalue weighted by Gasteiger charge is 2.50. The number of ether oxygens (including phenoxy) is 4. The molecule has 1 fully saturated rings. The lowest BCUT2D eigenvalue weighted by Gasteiger charge is -2.37. The van der Waals surface area contributed by atoms with E-state index in [1.807, 2.05) is 118 Å². The maximum absolute atomic E-state index is 12.7. The van der Waals surface area contributed by atoms with Crippen LogP contribution in [-0.4, -0.2) is 80.4 Å². The number of nitrogen functional groups attached to an aromatic ring is 1. The number of nitrogens with one attached hydrogen (secondary N) is 1. The van der Waals surface area contributed by atoms with Crippen molar-refractivity contribution >= 4 is 42.3 Å². The van der Waals surface area contributed by atoms with Crippen molar-refractivity contribution < 1.29 is 37.0 Å². The zero-order valence-corrected chi connectivity index (χ0v) is 34.6. The molecule has 0 radical (unpaired) electrons. The van der Waals surface area contributed by atoms with Gasteiger partial charge in [-0.2, -0.15) is 4.98 Å². The SMILES string of the molecule is COc1ccc(C(OC[C@H]2O[C@@H](n3cnc4c(=O)[nH]c(N)nc43)[C@H](O)[C@@H]2OP(O[Si](C)(C)C)O[Si](C)(C)C)(c2ccccc2)c2ccc(OC)cc2)cc1. The molecule has 2 aromatic heterocycles. The summed E-state index contributed by atoms with van der Waals surface area (Å²) >= 11 is 0. The zero-order chi connectivity index (χ0) is 38.8. The fourth-order valence-corrected chi connectivity index (χ4v) is 11.1. The van der Waals surface area contributed by atoms with Crippen molar-refractivity contribution in [1.82, 2.24) is 19.5 Å². The lowest BCUT2D eigenvalue weighted by Crippen LogP contribution is -2.41. The van der Waals surface area contributed by atoms with Crippen LogP contribution in [0.3, 0.4) is 0 Å². The first-order valence-corrected chi connectivity index (χ1v) is 25.4. The summed E-state index contributed by atoms with van der Waals surface area (Å²) in [5.41, 5.74) is 6.90. The minimum Gasteiger partial charge on any atom is -0.497 e. The molecule has 1 saturated heterocycles. The first kappa shape index (κ1) is 39.7. The highest BCUT2D eigenvalue weighted by Crippen LogP contribution is 2.50. The van der Waals surface area contributed by atoms with E-state index in [2.05, 4.69) is 15.0 Å². The van der Waals surface area contributed by atoms with Crippen molar-refractivity contribution in [3.8, 4) is 11.5 Å². The van der Waals surface area contributed by atoms with Gasteiger partial charge < -0.3 is 42.7 Å². The maximum atomic E-state index is 12.7. The fraction of sp³-hybridized carbons (Fsp3) is 0.378. The number of aromatic amines is 1. The standard InChI is InChI=1S/C37H48N5O9PSi2/c1-45-27-18-14-25(15-19-27)37(24-12-10-9-11-13-24,26-16-20-28(46-2)21-17-26)47-22-29-32(49-52(50-53(3,4)5)51-54(6,7)8)31(43)35(48-29)42-23-39-30-33(42)40-36(38)41-34(30)44/h9-21,23,29,31-32,35,43H,22H2,1-8H3,(H3,38,40,41,44)/t29-,31-,32-,35-/m1/s1. The molecule has 3 heterocycles. The normalized spacial score (nSPS) is 19.4. The van der Waals surface area contributed by atoms with E-state index >= 15 is 0 Å². The summed E-state index contributed by atoms with van der Waals surface area (Å²) in [7, 11) is -3.08. The lowest BCUT2D eigenvalue weighted by molar-refractivity contribution is -0.0925. The van der Waals surface area contributed by atoms with Gasteiger partial charge in [0.2, 0.25) is 5.95 Å². The molecule has 0 bridgehead atoms. The van der Waals surface area contributed by atoms with E-state index in [-0.39, 0.29) is 23.7 Å². The number of benzene rings is 3. The molecule has 0 amide bonds. The quantitative estimate of drug-likeness (QED) is 0.0614. The Balaban J connectivity index is 1.46. The summed E-state index contributed by atoms with van der Waals surface area (Å²) in [5, 5.41) is 12.1. The molecule has 14 nitrogen and oxygen atoms in total. The number of nitrogens with zero attached hydrogens (tertiary/aromatic N) is 3. The molecule has 0 spiro atoms. The maximum Gasteiger partial charge on any atom is 0.311 e. The van der Waals surface area contributed by atoms with Crippen LogP contribution >= 0.6 is 8.60 Å². The van der Waals surface area contributed by atoms with E-state index in [9.17, 15) is 9.90 Å². The van der Waals surface area contributed by atoms with E-state index in [0.717, 1.165) is 16.7 Å². The summed E-state index contributed by atoms with van der Waals surface area (Å²) in [4.78, 5) is 23.8. The predicted molar refractivity (Wildman–Crippen MR) is 211 cm³/mol. The molecule has 1 aliphatic heterocycles. The molecule has 17 heteroatoms. The topological polar surface area (TPSA) is 174 Å². The van der Waals surface area contributed by atoms with Gasteiger partial charge in [0, 0.05) is 0 Å². The lowest BCUT2D eigenvalue weighted by atomic mass is 9.80. The van der Waals surface area contributed by atoms with Crippen LogP contribution in [0.2, 0.25) is 39.3 Å². The van der Waals surface area contributed by atoms with Crippen LogP contribution in [0.1, 0.15) is 22.9 Å². The van der Waals surface area contributed by atoms with Gasteiger partial charge in [0.15, 0.2) is 34.0 Å². The van der Waals surface area contributed by atoms with E-state index in [1.54, 1.807) is 14.2 Å². The number of hydrogen-bond acceptors (Lipinski definition) is 12. The summed E-state index contributed by atoms with van der Waals surface area (Å²) in [6.45, 7) is 12.2. The number of fused-ring (bicyclic) bond motifs is 1. The number of hydrogen-bond donors (Lipinski definition) is 3. The number of rotatable bonds is 15. The number of anilines is 1. The Kier molecular flexibility index (Phi) is 11.8. The Labute approximate surface area is 317 Å². The average molecular weight is 794 g/mol. The Bertz CT molecular complexity index is 2010. The van der Waals surface area contributed by atoms with E-state index in [0.29, 0.717) is 11.5 Å². The molecule has 288 valence electrons. The number of aromatic nitrogens is 4. The number of methoxy groups -OCH3 is 2. The molecule has 0 saturated carbocycles. The molecular formula is C37H48N5O9PSi2.